The van der Waals surface area contributed by atoms with Crippen molar-refractivity contribution in [2.45, 2.75) is 0 Å². The summed E-state index contributed by atoms with van der Waals surface area (Å²) in [6.45, 7) is 0. The van der Waals surface area contributed by atoms with E-state index in [9.17, 15) is 0 Å². The Morgan fingerprint density at radius 3 is 3.09 bits per heavy atom. The topological polar surface area (TPSA) is 30.7 Å². The summed E-state index contributed by atoms with van der Waals surface area (Å²) in [6, 6.07) is 2.07. The highest BCUT2D eigenvalue weighted by molar-refractivity contribution is 14.1. The molecule has 2 heterocycles. The second kappa shape index (κ2) is 2.44. The zero-order valence-electron chi connectivity index (χ0n) is 5.95. The Balaban J connectivity index is 2.92. The smallest absolute Gasteiger partial charge is 0.143 e. The molecule has 2 aromatic heterocycles. The van der Waals surface area contributed by atoms with Crippen molar-refractivity contribution in [3.63, 3.8) is 0 Å². The zero-order valence-corrected chi connectivity index (χ0v) is 8.11. The van der Waals surface area contributed by atoms with Crippen LogP contribution < -0.4 is 0 Å². The Morgan fingerprint density at radius 1 is 1.55 bits per heavy atom. The van der Waals surface area contributed by atoms with E-state index in [-0.39, 0.29) is 0 Å². The van der Waals surface area contributed by atoms with Gasteiger partial charge in [0, 0.05) is 18.6 Å². The van der Waals surface area contributed by atoms with E-state index >= 15 is 0 Å². The van der Waals surface area contributed by atoms with E-state index in [1.165, 1.54) is 3.70 Å². The molecule has 0 unspecified atom stereocenters. The van der Waals surface area contributed by atoms with Gasteiger partial charge in [-0.05, 0) is 28.7 Å². The Morgan fingerprint density at radius 2 is 2.36 bits per heavy atom. The van der Waals surface area contributed by atoms with Crippen molar-refractivity contribution in [3.8, 4) is 0 Å². The van der Waals surface area contributed by atoms with Crippen molar-refractivity contribution in [2.75, 3.05) is 0 Å². The first-order valence-electron chi connectivity index (χ1n) is 3.20. The van der Waals surface area contributed by atoms with Gasteiger partial charge in [0.1, 0.15) is 12.0 Å². The molecule has 0 saturated heterocycles. The monoisotopic (exact) mass is 259 g/mol. The normalized spacial score (nSPS) is 10.7. The Hall–Kier alpha value is -0.650. The SMILES string of the molecule is Cn1c(I)cc2cncnc21. The maximum absolute atomic E-state index is 4.15. The number of fused-ring (bicyclic) bond motifs is 1. The molecule has 4 heteroatoms. The molecule has 3 nitrogen and oxygen atoms in total. The van der Waals surface area contributed by atoms with Crippen LogP contribution in [0.2, 0.25) is 0 Å². The summed E-state index contributed by atoms with van der Waals surface area (Å²) in [5, 5.41) is 1.10. The van der Waals surface area contributed by atoms with Gasteiger partial charge in [0.2, 0.25) is 0 Å². The van der Waals surface area contributed by atoms with E-state index in [2.05, 4.69) is 38.6 Å². The van der Waals surface area contributed by atoms with Crippen molar-refractivity contribution in [1.82, 2.24) is 14.5 Å². The van der Waals surface area contributed by atoms with Crippen LogP contribution in [0.3, 0.4) is 0 Å². The Bertz CT molecular complexity index is 393. The first-order valence-corrected chi connectivity index (χ1v) is 4.28. The van der Waals surface area contributed by atoms with Crippen molar-refractivity contribution in [1.29, 1.82) is 0 Å². The van der Waals surface area contributed by atoms with Gasteiger partial charge in [0.05, 0.1) is 3.70 Å². The molecule has 0 fully saturated rings. The molecular weight excluding hydrogens is 253 g/mol. The lowest BCUT2D eigenvalue weighted by molar-refractivity contribution is 0.916. The Kier molecular flexibility index (Phi) is 1.56. The molecule has 2 rings (SSSR count). The molecule has 0 aliphatic heterocycles. The van der Waals surface area contributed by atoms with Crippen LogP contribution >= 0.6 is 22.6 Å². The molecule has 0 aromatic carbocycles. The average molecular weight is 259 g/mol. The van der Waals surface area contributed by atoms with Crippen molar-refractivity contribution in [2.24, 2.45) is 7.05 Å². The first kappa shape index (κ1) is 7.02. The average Bonchev–Trinajstić information content (AvgIpc) is 2.30. The lowest BCUT2D eigenvalue weighted by Crippen LogP contribution is -1.91. The summed E-state index contributed by atoms with van der Waals surface area (Å²) in [4.78, 5) is 8.09. The molecule has 0 aliphatic carbocycles. The second-order valence-electron chi connectivity index (χ2n) is 2.33. The number of rotatable bonds is 0. The minimum atomic E-state index is 0.990. The largest absolute Gasteiger partial charge is 0.324 e. The van der Waals surface area contributed by atoms with Gasteiger partial charge < -0.3 is 4.57 Å². The van der Waals surface area contributed by atoms with Crippen LogP contribution in [0.15, 0.2) is 18.6 Å². The van der Waals surface area contributed by atoms with Crippen LogP contribution in [0.5, 0.6) is 0 Å². The first-order chi connectivity index (χ1) is 5.29. The minimum absolute atomic E-state index is 0.990. The Labute approximate surface area is 77.6 Å². The predicted molar refractivity (Wildman–Crippen MR) is 51.2 cm³/mol. The molecule has 0 atom stereocenters. The maximum Gasteiger partial charge on any atom is 0.143 e. The molecule has 56 valence electrons. The van der Waals surface area contributed by atoms with E-state index < -0.39 is 0 Å². The van der Waals surface area contributed by atoms with Crippen LogP contribution in [0.25, 0.3) is 11.0 Å². The van der Waals surface area contributed by atoms with Crippen LogP contribution in [0.1, 0.15) is 0 Å². The van der Waals surface area contributed by atoms with Gasteiger partial charge in [-0.3, -0.25) is 0 Å². The number of aromatic nitrogens is 3. The molecular formula is C7H6IN3. The van der Waals surface area contributed by atoms with E-state index in [1.54, 1.807) is 6.33 Å². The molecule has 0 N–H and O–H groups in total. The van der Waals surface area contributed by atoms with Gasteiger partial charge >= 0.3 is 0 Å². The third-order valence-corrected chi connectivity index (χ3v) is 2.67. The molecule has 0 aliphatic rings. The molecule has 0 saturated carbocycles. The predicted octanol–water partition coefficient (Wildman–Crippen LogP) is 1.57. The summed E-state index contributed by atoms with van der Waals surface area (Å²) in [5.74, 6) is 0. The van der Waals surface area contributed by atoms with Gasteiger partial charge in [-0.2, -0.15) is 0 Å². The highest BCUT2D eigenvalue weighted by atomic mass is 127. The lowest BCUT2D eigenvalue weighted by atomic mass is 10.4. The van der Waals surface area contributed by atoms with E-state index in [0.29, 0.717) is 0 Å². The number of halogens is 1. The standard InChI is InChI=1S/C7H6IN3/c1-11-6(8)2-5-3-9-4-10-7(5)11/h2-4H,1H3. The molecule has 11 heavy (non-hydrogen) atoms. The highest BCUT2D eigenvalue weighted by Gasteiger charge is 2.01. The van der Waals surface area contributed by atoms with Gasteiger partial charge in [-0.1, -0.05) is 0 Å². The fraction of sp³-hybridized carbons (Fsp3) is 0.143. The van der Waals surface area contributed by atoms with E-state index in [4.69, 9.17) is 0 Å². The minimum Gasteiger partial charge on any atom is -0.324 e. The van der Waals surface area contributed by atoms with Gasteiger partial charge in [0.25, 0.3) is 0 Å². The fourth-order valence-corrected chi connectivity index (χ4v) is 1.61. The number of hydrogen-bond donors (Lipinski definition) is 0. The number of aryl methyl sites for hydroxylation is 1. The quantitative estimate of drug-likeness (QED) is 0.672. The van der Waals surface area contributed by atoms with E-state index in [1.807, 2.05) is 17.8 Å². The summed E-state index contributed by atoms with van der Waals surface area (Å²) >= 11 is 2.27. The van der Waals surface area contributed by atoms with Gasteiger partial charge in [-0.25, -0.2) is 9.97 Å². The molecule has 0 radical (unpaired) electrons. The third-order valence-electron chi connectivity index (χ3n) is 1.63. The molecule has 0 spiro atoms. The molecule has 2 aromatic rings. The summed E-state index contributed by atoms with van der Waals surface area (Å²) in [7, 11) is 2.00. The van der Waals surface area contributed by atoms with Crippen molar-refractivity contribution < 1.29 is 0 Å². The zero-order chi connectivity index (χ0) is 7.84. The number of nitrogens with zero attached hydrogens (tertiary/aromatic N) is 3. The summed E-state index contributed by atoms with van der Waals surface area (Å²) < 4.78 is 3.22. The third kappa shape index (κ3) is 1.01. The highest BCUT2D eigenvalue weighted by Crippen LogP contribution is 2.15. The van der Waals surface area contributed by atoms with Crippen molar-refractivity contribution in [3.05, 3.63) is 22.3 Å². The molecule has 0 bridgehead atoms. The van der Waals surface area contributed by atoms with Crippen LogP contribution in [0, 0.1) is 3.70 Å². The summed E-state index contributed by atoms with van der Waals surface area (Å²) in [6.07, 6.45) is 3.39. The fourth-order valence-electron chi connectivity index (χ4n) is 1.04. The van der Waals surface area contributed by atoms with Gasteiger partial charge in [0.15, 0.2) is 0 Å². The summed E-state index contributed by atoms with van der Waals surface area (Å²) in [5.41, 5.74) is 0.990. The lowest BCUT2D eigenvalue weighted by Gasteiger charge is -1.93. The van der Waals surface area contributed by atoms with Crippen LogP contribution in [-0.2, 0) is 7.05 Å². The van der Waals surface area contributed by atoms with E-state index in [0.717, 1.165) is 11.0 Å². The van der Waals surface area contributed by atoms with Crippen LogP contribution in [-0.4, -0.2) is 14.5 Å². The van der Waals surface area contributed by atoms with Gasteiger partial charge in [-0.15, -0.1) is 0 Å². The maximum atomic E-state index is 4.15. The number of hydrogen-bond acceptors (Lipinski definition) is 2. The second-order valence-corrected chi connectivity index (χ2v) is 3.43. The van der Waals surface area contributed by atoms with Crippen LogP contribution in [0.4, 0.5) is 0 Å². The molecule has 0 amide bonds. The van der Waals surface area contributed by atoms with Crippen molar-refractivity contribution >= 4 is 33.6 Å².